The number of benzene rings is 1. The lowest BCUT2D eigenvalue weighted by atomic mass is 10.1. The average molecular weight is 336 g/mol. The maximum Gasteiger partial charge on any atom is 0.327 e. The van der Waals surface area contributed by atoms with Gasteiger partial charge in [-0.25, -0.2) is 4.68 Å². The standard InChI is InChI=1S/C14H20N6O4/c1-23-11-4-3-9(7-10(11)21)13(16-6-5-15)14-17-18-19-20(14)8-12(22)24-2/h3-4,7,13,16,21H,5-6,8,15H2,1-2H3. The van der Waals surface area contributed by atoms with Crippen LogP contribution in [0.25, 0.3) is 0 Å². The molecule has 4 N–H and O–H groups in total. The van der Waals surface area contributed by atoms with E-state index < -0.39 is 12.0 Å². The van der Waals surface area contributed by atoms with E-state index in [0.29, 0.717) is 30.2 Å². The number of methoxy groups -OCH3 is 2. The zero-order chi connectivity index (χ0) is 17.5. The second-order valence-electron chi connectivity index (χ2n) is 4.88. The van der Waals surface area contributed by atoms with Crippen LogP contribution in [0.15, 0.2) is 18.2 Å². The number of phenolic OH excluding ortho intramolecular Hbond substituents is 1. The Morgan fingerprint density at radius 1 is 1.46 bits per heavy atom. The number of tetrazole rings is 1. The van der Waals surface area contributed by atoms with Crippen LogP contribution in [0.4, 0.5) is 0 Å². The van der Waals surface area contributed by atoms with Crippen molar-refractivity contribution in [2.75, 3.05) is 27.3 Å². The summed E-state index contributed by atoms with van der Waals surface area (Å²) in [6, 6.07) is 4.48. The summed E-state index contributed by atoms with van der Waals surface area (Å²) in [6.07, 6.45) is 0. The highest BCUT2D eigenvalue weighted by Crippen LogP contribution is 2.30. The number of nitrogens with one attached hydrogen (secondary N) is 1. The molecule has 0 amide bonds. The third-order valence-electron chi connectivity index (χ3n) is 3.35. The molecule has 1 aromatic heterocycles. The zero-order valence-electron chi connectivity index (χ0n) is 13.5. The van der Waals surface area contributed by atoms with E-state index in [-0.39, 0.29) is 12.3 Å². The fourth-order valence-corrected chi connectivity index (χ4v) is 2.19. The summed E-state index contributed by atoms with van der Waals surface area (Å²) in [6.45, 7) is 0.765. The van der Waals surface area contributed by atoms with Crippen molar-refractivity contribution >= 4 is 5.97 Å². The number of aromatic hydroxyl groups is 1. The van der Waals surface area contributed by atoms with Crippen LogP contribution < -0.4 is 15.8 Å². The number of ether oxygens (including phenoxy) is 2. The summed E-state index contributed by atoms with van der Waals surface area (Å²) in [4.78, 5) is 11.5. The number of esters is 1. The van der Waals surface area contributed by atoms with E-state index >= 15 is 0 Å². The number of phenols is 1. The Morgan fingerprint density at radius 2 is 2.25 bits per heavy atom. The number of hydrogen-bond donors (Lipinski definition) is 3. The lowest BCUT2D eigenvalue weighted by Gasteiger charge is -2.19. The van der Waals surface area contributed by atoms with E-state index in [1.807, 2.05) is 0 Å². The fourth-order valence-electron chi connectivity index (χ4n) is 2.19. The molecule has 10 nitrogen and oxygen atoms in total. The van der Waals surface area contributed by atoms with E-state index in [1.54, 1.807) is 18.2 Å². The molecule has 1 heterocycles. The molecule has 130 valence electrons. The van der Waals surface area contributed by atoms with Gasteiger partial charge in [-0.15, -0.1) is 5.10 Å². The van der Waals surface area contributed by atoms with Crippen LogP contribution in [0.5, 0.6) is 11.5 Å². The molecule has 2 rings (SSSR count). The molecular weight excluding hydrogens is 316 g/mol. The highest BCUT2D eigenvalue weighted by Gasteiger charge is 2.23. The van der Waals surface area contributed by atoms with Crippen molar-refractivity contribution in [1.82, 2.24) is 25.5 Å². The van der Waals surface area contributed by atoms with Crippen LogP contribution in [0.1, 0.15) is 17.4 Å². The number of rotatable bonds is 8. The van der Waals surface area contributed by atoms with Crippen LogP contribution in [-0.4, -0.2) is 58.6 Å². The van der Waals surface area contributed by atoms with Gasteiger partial charge in [-0.1, -0.05) is 6.07 Å². The van der Waals surface area contributed by atoms with Gasteiger partial charge < -0.3 is 25.6 Å². The Kier molecular flexibility index (Phi) is 6.04. The average Bonchev–Trinajstić information content (AvgIpc) is 3.03. The minimum atomic E-state index is -0.473. The van der Waals surface area contributed by atoms with E-state index in [2.05, 4.69) is 25.6 Å². The molecule has 1 aromatic carbocycles. The van der Waals surface area contributed by atoms with Crippen molar-refractivity contribution < 1.29 is 19.4 Å². The Morgan fingerprint density at radius 3 is 2.88 bits per heavy atom. The summed E-state index contributed by atoms with van der Waals surface area (Å²) in [7, 11) is 2.76. The zero-order valence-corrected chi connectivity index (χ0v) is 13.5. The minimum Gasteiger partial charge on any atom is -0.504 e. The third kappa shape index (κ3) is 3.97. The van der Waals surface area contributed by atoms with Crippen molar-refractivity contribution in [3.8, 4) is 11.5 Å². The number of nitrogens with two attached hydrogens (primary N) is 1. The number of carbonyl (C=O) groups excluding carboxylic acids is 1. The van der Waals surface area contributed by atoms with Crippen molar-refractivity contribution in [3.63, 3.8) is 0 Å². The van der Waals surface area contributed by atoms with Crippen molar-refractivity contribution in [2.45, 2.75) is 12.6 Å². The molecule has 0 saturated carbocycles. The summed E-state index contributed by atoms with van der Waals surface area (Å²) in [5, 5.41) is 24.6. The van der Waals surface area contributed by atoms with Gasteiger partial charge >= 0.3 is 5.97 Å². The first-order valence-corrected chi connectivity index (χ1v) is 7.24. The number of aromatic nitrogens is 4. The Hall–Kier alpha value is -2.72. The molecule has 0 aliphatic heterocycles. The molecule has 0 radical (unpaired) electrons. The first-order chi connectivity index (χ1) is 11.6. The van der Waals surface area contributed by atoms with Crippen LogP contribution in [-0.2, 0) is 16.1 Å². The second kappa shape index (κ2) is 8.22. The Labute approximate surface area is 138 Å². The minimum absolute atomic E-state index is 0.0125. The third-order valence-corrected chi connectivity index (χ3v) is 3.35. The Bertz CT molecular complexity index is 690. The molecule has 0 bridgehead atoms. The lowest BCUT2D eigenvalue weighted by molar-refractivity contribution is -0.141. The molecule has 0 fully saturated rings. The van der Waals surface area contributed by atoms with Crippen molar-refractivity contribution in [1.29, 1.82) is 0 Å². The predicted molar refractivity (Wildman–Crippen MR) is 83.4 cm³/mol. The smallest absolute Gasteiger partial charge is 0.327 e. The van der Waals surface area contributed by atoms with Crippen LogP contribution in [0.3, 0.4) is 0 Å². The molecule has 1 unspecified atom stereocenters. The molecule has 0 aliphatic rings. The topological polar surface area (TPSA) is 137 Å². The fraction of sp³-hybridized carbons (Fsp3) is 0.429. The van der Waals surface area contributed by atoms with Gasteiger partial charge in [-0.05, 0) is 28.1 Å². The van der Waals surface area contributed by atoms with Crippen molar-refractivity contribution in [2.24, 2.45) is 5.73 Å². The second-order valence-corrected chi connectivity index (χ2v) is 4.88. The molecule has 10 heteroatoms. The van der Waals surface area contributed by atoms with Gasteiger partial charge in [0.2, 0.25) is 0 Å². The van der Waals surface area contributed by atoms with E-state index in [4.69, 9.17) is 10.5 Å². The molecule has 2 aromatic rings. The largest absolute Gasteiger partial charge is 0.504 e. The van der Waals surface area contributed by atoms with E-state index in [9.17, 15) is 9.90 Å². The summed E-state index contributed by atoms with van der Waals surface area (Å²) in [5.41, 5.74) is 6.26. The maximum absolute atomic E-state index is 11.5. The molecule has 0 aliphatic carbocycles. The van der Waals surface area contributed by atoms with Crippen LogP contribution >= 0.6 is 0 Å². The molecule has 24 heavy (non-hydrogen) atoms. The van der Waals surface area contributed by atoms with Gasteiger partial charge in [-0.2, -0.15) is 0 Å². The first kappa shape index (κ1) is 17.6. The van der Waals surface area contributed by atoms with Crippen molar-refractivity contribution in [3.05, 3.63) is 29.6 Å². The van der Waals surface area contributed by atoms with Gasteiger partial charge in [0.1, 0.15) is 6.54 Å². The van der Waals surface area contributed by atoms with E-state index in [0.717, 1.165) is 0 Å². The van der Waals surface area contributed by atoms with Crippen LogP contribution in [0.2, 0.25) is 0 Å². The monoisotopic (exact) mass is 336 g/mol. The van der Waals surface area contributed by atoms with Gasteiger partial charge in [-0.3, -0.25) is 4.79 Å². The first-order valence-electron chi connectivity index (χ1n) is 7.24. The van der Waals surface area contributed by atoms with Gasteiger partial charge in [0.25, 0.3) is 0 Å². The van der Waals surface area contributed by atoms with Gasteiger partial charge in [0.05, 0.1) is 20.3 Å². The van der Waals surface area contributed by atoms with Gasteiger partial charge in [0.15, 0.2) is 17.3 Å². The number of nitrogens with zero attached hydrogens (tertiary/aromatic N) is 4. The summed E-state index contributed by atoms with van der Waals surface area (Å²) < 4.78 is 11.0. The molecule has 0 saturated heterocycles. The molecule has 0 spiro atoms. The SMILES string of the molecule is COC(=O)Cn1nnnc1C(NCCN)c1ccc(OC)c(O)c1. The maximum atomic E-state index is 11.5. The summed E-state index contributed by atoms with van der Waals surface area (Å²) in [5.74, 6) is 0.268. The summed E-state index contributed by atoms with van der Waals surface area (Å²) >= 11 is 0. The lowest BCUT2D eigenvalue weighted by Crippen LogP contribution is -2.31. The van der Waals surface area contributed by atoms with Crippen LogP contribution in [0, 0.1) is 0 Å². The van der Waals surface area contributed by atoms with E-state index in [1.165, 1.54) is 18.9 Å². The molecular formula is C14H20N6O4. The van der Waals surface area contributed by atoms with Gasteiger partial charge in [0, 0.05) is 13.1 Å². The number of carbonyl (C=O) groups is 1. The Balaban J connectivity index is 2.37. The molecule has 1 atom stereocenters. The predicted octanol–water partition coefficient (Wildman–Crippen LogP) is -0.802. The quantitative estimate of drug-likeness (QED) is 0.529. The highest BCUT2D eigenvalue weighted by atomic mass is 16.5. The number of hydrogen-bond acceptors (Lipinski definition) is 9. The highest BCUT2D eigenvalue weighted by molar-refractivity contribution is 5.68. The normalized spacial score (nSPS) is 12.0.